The molecule has 1 spiro atoms. The summed E-state index contributed by atoms with van der Waals surface area (Å²) in [6.45, 7) is 0.665. The van der Waals surface area contributed by atoms with E-state index in [2.05, 4.69) is 5.32 Å². The van der Waals surface area contributed by atoms with Gasteiger partial charge in [0.2, 0.25) is 5.91 Å². The van der Waals surface area contributed by atoms with Gasteiger partial charge in [-0.25, -0.2) is 13.5 Å². The molecule has 1 heterocycles. The van der Waals surface area contributed by atoms with Crippen molar-refractivity contribution in [1.82, 2.24) is 10.4 Å². The minimum absolute atomic E-state index is 0.0523. The van der Waals surface area contributed by atoms with Crippen molar-refractivity contribution in [3.8, 4) is 0 Å². The third-order valence-corrected chi connectivity index (χ3v) is 7.27. The summed E-state index contributed by atoms with van der Waals surface area (Å²) in [4.78, 5) is 25.1. The Morgan fingerprint density at radius 2 is 1.87 bits per heavy atom. The second-order valence-electron chi connectivity index (χ2n) is 8.23. The Morgan fingerprint density at radius 1 is 1.13 bits per heavy atom. The SMILES string of the molecule is CS(=O)(=O)c1ccc(CN(O)C(=O)c2ccc3c(c2)CC[C@]2(CCNC2=O)C3)cc1. The van der Waals surface area contributed by atoms with Crippen LogP contribution in [0, 0.1) is 5.41 Å². The van der Waals surface area contributed by atoms with Crippen molar-refractivity contribution in [2.24, 2.45) is 5.41 Å². The molecule has 0 radical (unpaired) electrons. The number of amides is 2. The zero-order valence-corrected chi connectivity index (χ0v) is 17.5. The molecule has 1 aliphatic heterocycles. The number of carbonyl (C=O) groups is 2. The molecule has 1 saturated heterocycles. The lowest BCUT2D eigenvalue weighted by atomic mass is 9.70. The molecule has 4 rings (SSSR count). The molecule has 0 saturated carbocycles. The van der Waals surface area contributed by atoms with Crippen molar-refractivity contribution >= 4 is 21.7 Å². The summed E-state index contributed by atoms with van der Waals surface area (Å²) in [6.07, 6.45) is 4.13. The molecule has 2 aliphatic rings. The molecular formula is C22H24N2O5S. The van der Waals surface area contributed by atoms with Crippen LogP contribution in [0.25, 0.3) is 0 Å². The number of aryl methyl sites for hydroxylation is 1. The van der Waals surface area contributed by atoms with Gasteiger partial charge in [0.25, 0.3) is 5.91 Å². The Labute approximate surface area is 175 Å². The Morgan fingerprint density at radius 3 is 2.50 bits per heavy atom. The minimum Gasteiger partial charge on any atom is -0.356 e. The van der Waals surface area contributed by atoms with Crippen LogP contribution >= 0.6 is 0 Å². The average Bonchev–Trinajstić information content (AvgIpc) is 3.06. The lowest BCUT2D eigenvalue weighted by Crippen LogP contribution is -2.36. The van der Waals surface area contributed by atoms with E-state index < -0.39 is 15.7 Å². The van der Waals surface area contributed by atoms with Crippen LogP contribution in [-0.2, 0) is 34.0 Å². The van der Waals surface area contributed by atoms with Gasteiger partial charge in [0.1, 0.15) is 0 Å². The van der Waals surface area contributed by atoms with Crippen LogP contribution in [0.1, 0.15) is 39.9 Å². The fourth-order valence-corrected chi connectivity index (χ4v) is 4.98. The van der Waals surface area contributed by atoms with Crippen molar-refractivity contribution in [1.29, 1.82) is 0 Å². The first-order chi connectivity index (χ1) is 14.2. The number of benzene rings is 2. The number of rotatable bonds is 4. The number of carbonyl (C=O) groups excluding carboxylic acids is 2. The molecule has 2 amide bonds. The van der Waals surface area contributed by atoms with E-state index in [0.29, 0.717) is 22.6 Å². The summed E-state index contributed by atoms with van der Waals surface area (Å²) < 4.78 is 23.1. The highest BCUT2D eigenvalue weighted by atomic mass is 32.2. The summed E-state index contributed by atoms with van der Waals surface area (Å²) in [5.41, 5.74) is 2.80. The van der Waals surface area contributed by atoms with E-state index in [-0.39, 0.29) is 22.8 Å². The summed E-state index contributed by atoms with van der Waals surface area (Å²) in [6, 6.07) is 11.4. The van der Waals surface area contributed by atoms with Gasteiger partial charge in [-0.2, -0.15) is 0 Å². The summed E-state index contributed by atoms with van der Waals surface area (Å²) >= 11 is 0. The number of hydrogen-bond donors (Lipinski definition) is 2. The molecular weight excluding hydrogens is 404 g/mol. The van der Waals surface area contributed by atoms with Gasteiger partial charge < -0.3 is 5.32 Å². The molecule has 1 aliphatic carbocycles. The zero-order chi connectivity index (χ0) is 21.5. The van der Waals surface area contributed by atoms with Gasteiger partial charge in [0.15, 0.2) is 9.84 Å². The van der Waals surface area contributed by atoms with Crippen LogP contribution in [0.4, 0.5) is 0 Å². The lowest BCUT2D eigenvalue weighted by molar-refractivity contribution is -0.128. The van der Waals surface area contributed by atoms with Gasteiger partial charge in [-0.05, 0) is 66.6 Å². The minimum atomic E-state index is -3.30. The first-order valence-electron chi connectivity index (χ1n) is 9.88. The van der Waals surface area contributed by atoms with Crippen LogP contribution in [0.15, 0.2) is 47.4 Å². The molecule has 2 aromatic rings. The molecule has 2 N–H and O–H groups in total. The zero-order valence-electron chi connectivity index (χ0n) is 16.7. The van der Waals surface area contributed by atoms with Crippen molar-refractivity contribution in [3.63, 3.8) is 0 Å². The van der Waals surface area contributed by atoms with Gasteiger partial charge in [-0.15, -0.1) is 0 Å². The predicted octanol–water partition coefficient (Wildman–Crippen LogP) is 2.12. The molecule has 0 aromatic heterocycles. The van der Waals surface area contributed by atoms with Crippen molar-refractivity contribution in [2.45, 2.75) is 37.1 Å². The van der Waals surface area contributed by atoms with Crippen molar-refractivity contribution < 1.29 is 23.2 Å². The lowest BCUT2D eigenvalue weighted by Gasteiger charge is -2.32. The highest BCUT2D eigenvalue weighted by Crippen LogP contribution is 2.41. The maximum Gasteiger partial charge on any atom is 0.277 e. The first kappa shape index (κ1) is 20.6. The molecule has 0 bridgehead atoms. The quantitative estimate of drug-likeness (QED) is 0.573. The number of nitrogens with zero attached hydrogens (tertiary/aromatic N) is 1. The van der Waals surface area contributed by atoms with E-state index >= 15 is 0 Å². The van der Waals surface area contributed by atoms with Gasteiger partial charge >= 0.3 is 0 Å². The summed E-state index contributed by atoms with van der Waals surface area (Å²) in [5.74, 6) is -0.402. The Hall–Kier alpha value is -2.71. The highest BCUT2D eigenvalue weighted by molar-refractivity contribution is 7.90. The van der Waals surface area contributed by atoms with Crippen LogP contribution in [0.5, 0.6) is 0 Å². The molecule has 8 heteroatoms. The number of fused-ring (bicyclic) bond motifs is 1. The normalized spacial score (nSPS) is 20.7. The number of sulfone groups is 1. The Kier molecular flexibility index (Phi) is 5.15. The van der Waals surface area contributed by atoms with Crippen LogP contribution < -0.4 is 5.32 Å². The van der Waals surface area contributed by atoms with Crippen molar-refractivity contribution in [2.75, 3.05) is 12.8 Å². The maximum atomic E-state index is 12.7. The second kappa shape index (κ2) is 7.52. The Bertz CT molecular complexity index is 1110. The standard InChI is InChI=1S/C22H24N2O5S/c1-30(28,29)19-6-2-15(3-7-19)14-24(27)20(25)17-4-5-18-13-22(9-8-16(18)12-17)10-11-23-21(22)26/h2-7,12,27H,8-11,13-14H2,1H3,(H,23,26)/t22-/m0/s1. The summed E-state index contributed by atoms with van der Waals surface area (Å²) in [7, 11) is -3.30. The summed E-state index contributed by atoms with van der Waals surface area (Å²) in [5, 5.41) is 13.8. The van der Waals surface area contributed by atoms with E-state index in [1.165, 1.54) is 12.1 Å². The fraction of sp³-hybridized carbons (Fsp3) is 0.364. The molecule has 158 valence electrons. The fourth-order valence-electron chi connectivity index (χ4n) is 4.35. The smallest absolute Gasteiger partial charge is 0.277 e. The van der Waals surface area contributed by atoms with Crippen LogP contribution in [0.2, 0.25) is 0 Å². The van der Waals surface area contributed by atoms with E-state index in [1.54, 1.807) is 24.3 Å². The van der Waals surface area contributed by atoms with E-state index in [1.807, 2.05) is 6.07 Å². The molecule has 1 atom stereocenters. The molecule has 7 nitrogen and oxygen atoms in total. The van der Waals surface area contributed by atoms with Gasteiger partial charge in [-0.1, -0.05) is 18.2 Å². The number of hydroxylamine groups is 2. The van der Waals surface area contributed by atoms with Gasteiger partial charge in [0, 0.05) is 18.4 Å². The number of hydrogen-bond acceptors (Lipinski definition) is 5. The van der Waals surface area contributed by atoms with Crippen molar-refractivity contribution in [3.05, 3.63) is 64.7 Å². The molecule has 0 unspecified atom stereocenters. The maximum absolute atomic E-state index is 12.7. The second-order valence-corrected chi connectivity index (χ2v) is 10.2. The highest BCUT2D eigenvalue weighted by Gasteiger charge is 2.44. The monoisotopic (exact) mass is 428 g/mol. The van der Waals surface area contributed by atoms with Crippen LogP contribution in [0.3, 0.4) is 0 Å². The third kappa shape index (κ3) is 3.85. The van der Waals surface area contributed by atoms with E-state index in [9.17, 15) is 23.2 Å². The van der Waals surface area contributed by atoms with Crippen LogP contribution in [-0.4, -0.2) is 43.3 Å². The molecule has 30 heavy (non-hydrogen) atoms. The molecule has 1 fully saturated rings. The third-order valence-electron chi connectivity index (χ3n) is 6.14. The van der Waals surface area contributed by atoms with Gasteiger partial charge in [0.05, 0.1) is 16.9 Å². The van der Waals surface area contributed by atoms with E-state index in [4.69, 9.17) is 0 Å². The topological polar surface area (TPSA) is 104 Å². The first-order valence-corrected chi connectivity index (χ1v) is 11.8. The predicted molar refractivity (Wildman–Crippen MR) is 110 cm³/mol. The van der Waals surface area contributed by atoms with Gasteiger partial charge in [-0.3, -0.25) is 14.8 Å². The average molecular weight is 429 g/mol. The van der Waals surface area contributed by atoms with E-state index in [0.717, 1.165) is 43.2 Å². The Balaban J connectivity index is 1.47. The number of nitrogens with one attached hydrogen (secondary N) is 1. The molecule has 2 aromatic carbocycles. The largest absolute Gasteiger partial charge is 0.356 e.